The standard InChI is InChI=1S/C18H28O/c1-2-3-4-5-6-7-12-19-17-11-10-16-14-8-9-15(13-14)18(16)17/h8-11,14-18H,2-7,12-13H2,1H3/t14?,15?,16-,17+,18+/m0/s1. The van der Waals surface area contributed by atoms with Crippen molar-refractivity contribution in [1.29, 1.82) is 0 Å². The number of ether oxygens (including phenoxy) is 1. The van der Waals surface area contributed by atoms with Gasteiger partial charge in [0.05, 0.1) is 6.10 Å². The molecule has 3 aliphatic rings. The summed E-state index contributed by atoms with van der Waals surface area (Å²) in [7, 11) is 0. The lowest BCUT2D eigenvalue weighted by Gasteiger charge is -2.26. The zero-order chi connectivity index (χ0) is 13.1. The van der Waals surface area contributed by atoms with Gasteiger partial charge in [0.1, 0.15) is 0 Å². The highest BCUT2D eigenvalue weighted by molar-refractivity contribution is 5.24. The molecule has 3 aliphatic carbocycles. The molecular weight excluding hydrogens is 232 g/mol. The maximum absolute atomic E-state index is 6.16. The summed E-state index contributed by atoms with van der Waals surface area (Å²) in [6, 6.07) is 0. The molecule has 0 aliphatic heterocycles. The van der Waals surface area contributed by atoms with Crippen LogP contribution in [0.25, 0.3) is 0 Å². The Hall–Kier alpha value is -0.560. The molecule has 0 amide bonds. The fourth-order valence-electron chi connectivity index (χ4n) is 4.27. The van der Waals surface area contributed by atoms with Crippen LogP contribution in [0.15, 0.2) is 24.3 Å². The van der Waals surface area contributed by atoms with Gasteiger partial charge in [-0.2, -0.15) is 0 Å². The first-order chi connectivity index (χ1) is 9.40. The highest BCUT2D eigenvalue weighted by Gasteiger charge is 2.49. The molecular formula is C18H28O. The minimum atomic E-state index is 0.417. The molecule has 0 aromatic carbocycles. The molecule has 2 bridgehead atoms. The van der Waals surface area contributed by atoms with Gasteiger partial charge in [-0.25, -0.2) is 0 Å². The van der Waals surface area contributed by atoms with Crippen molar-refractivity contribution in [2.24, 2.45) is 23.7 Å². The van der Waals surface area contributed by atoms with Crippen molar-refractivity contribution < 1.29 is 4.74 Å². The maximum Gasteiger partial charge on any atom is 0.0795 e. The second-order valence-corrected chi connectivity index (χ2v) is 6.59. The Labute approximate surface area is 118 Å². The van der Waals surface area contributed by atoms with Crippen molar-refractivity contribution in [2.75, 3.05) is 6.61 Å². The van der Waals surface area contributed by atoms with Crippen molar-refractivity contribution in [3.05, 3.63) is 24.3 Å². The van der Waals surface area contributed by atoms with Gasteiger partial charge in [0.15, 0.2) is 0 Å². The Kier molecular flexibility index (Phi) is 4.42. The molecule has 1 fully saturated rings. The number of rotatable bonds is 8. The molecule has 0 heterocycles. The van der Waals surface area contributed by atoms with Crippen LogP contribution < -0.4 is 0 Å². The first-order valence-corrected chi connectivity index (χ1v) is 8.38. The largest absolute Gasteiger partial charge is 0.374 e. The fourth-order valence-corrected chi connectivity index (χ4v) is 4.27. The summed E-state index contributed by atoms with van der Waals surface area (Å²) in [5.74, 6) is 3.20. The summed E-state index contributed by atoms with van der Waals surface area (Å²) in [6.45, 7) is 3.24. The highest BCUT2D eigenvalue weighted by Crippen LogP contribution is 2.53. The summed E-state index contributed by atoms with van der Waals surface area (Å²) in [6.07, 6.45) is 19.6. The molecule has 0 spiro atoms. The van der Waals surface area contributed by atoms with Gasteiger partial charge in [0, 0.05) is 12.5 Å². The second-order valence-electron chi connectivity index (χ2n) is 6.59. The van der Waals surface area contributed by atoms with Gasteiger partial charge in [-0.1, -0.05) is 63.3 Å². The van der Waals surface area contributed by atoms with Crippen molar-refractivity contribution in [1.82, 2.24) is 0 Å². The highest BCUT2D eigenvalue weighted by atomic mass is 16.5. The van der Waals surface area contributed by atoms with Crippen LogP contribution in [-0.2, 0) is 4.74 Å². The summed E-state index contributed by atoms with van der Waals surface area (Å²) in [5.41, 5.74) is 0. The summed E-state index contributed by atoms with van der Waals surface area (Å²) < 4.78 is 6.16. The van der Waals surface area contributed by atoms with E-state index in [-0.39, 0.29) is 0 Å². The van der Waals surface area contributed by atoms with Crippen LogP contribution in [0.1, 0.15) is 51.9 Å². The molecule has 1 saturated carbocycles. The predicted molar refractivity (Wildman–Crippen MR) is 80.0 cm³/mol. The fraction of sp³-hybridized carbons (Fsp3) is 0.778. The van der Waals surface area contributed by atoms with E-state index < -0.39 is 0 Å². The molecule has 1 heteroatoms. The first kappa shape index (κ1) is 13.4. The van der Waals surface area contributed by atoms with Crippen LogP contribution in [0, 0.1) is 23.7 Å². The lowest BCUT2D eigenvalue weighted by Crippen LogP contribution is -2.27. The van der Waals surface area contributed by atoms with Gasteiger partial charge in [0.25, 0.3) is 0 Å². The van der Waals surface area contributed by atoms with Crippen LogP contribution in [0.2, 0.25) is 0 Å². The average molecular weight is 260 g/mol. The van der Waals surface area contributed by atoms with Crippen LogP contribution >= 0.6 is 0 Å². The minimum absolute atomic E-state index is 0.417. The SMILES string of the molecule is CCCCCCCCO[C@@H]1C=C[C@H]2C3C=CC(C3)[C@@H]12. The monoisotopic (exact) mass is 260 g/mol. The Morgan fingerprint density at radius 2 is 1.68 bits per heavy atom. The topological polar surface area (TPSA) is 9.23 Å². The third kappa shape index (κ3) is 2.81. The zero-order valence-electron chi connectivity index (χ0n) is 12.3. The van der Waals surface area contributed by atoms with Gasteiger partial charge >= 0.3 is 0 Å². The summed E-state index contributed by atoms with van der Waals surface area (Å²) in [5, 5.41) is 0. The third-order valence-corrected chi connectivity index (χ3v) is 5.29. The quantitative estimate of drug-likeness (QED) is 0.452. The molecule has 2 unspecified atom stereocenters. The maximum atomic E-state index is 6.16. The molecule has 0 N–H and O–H groups in total. The van der Waals surface area contributed by atoms with Gasteiger partial charge in [-0.3, -0.25) is 0 Å². The Bertz CT molecular complexity index is 344. The summed E-state index contributed by atoms with van der Waals surface area (Å²) >= 11 is 0. The Morgan fingerprint density at radius 1 is 0.895 bits per heavy atom. The van der Waals surface area contributed by atoms with E-state index in [1.807, 2.05) is 0 Å². The van der Waals surface area contributed by atoms with E-state index in [1.165, 1.54) is 44.9 Å². The normalized spacial score (nSPS) is 38.3. The molecule has 5 atom stereocenters. The molecule has 106 valence electrons. The predicted octanol–water partition coefficient (Wildman–Crippen LogP) is 4.74. The number of fused-ring (bicyclic) bond motifs is 5. The van der Waals surface area contributed by atoms with Gasteiger partial charge in [0.2, 0.25) is 0 Å². The number of hydrogen-bond donors (Lipinski definition) is 0. The van der Waals surface area contributed by atoms with E-state index in [0.29, 0.717) is 6.10 Å². The van der Waals surface area contributed by atoms with E-state index in [9.17, 15) is 0 Å². The van der Waals surface area contributed by atoms with Crippen molar-refractivity contribution >= 4 is 0 Å². The molecule has 0 saturated heterocycles. The molecule has 1 nitrogen and oxygen atoms in total. The van der Waals surface area contributed by atoms with Crippen molar-refractivity contribution in [3.8, 4) is 0 Å². The number of allylic oxidation sites excluding steroid dienone is 3. The second kappa shape index (κ2) is 6.26. The average Bonchev–Trinajstić information content (AvgIpc) is 3.11. The van der Waals surface area contributed by atoms with E-state index in [4.69, 9.17) is 4.74 Å². The third-order valence-electron chi connectivity index (χ3n) is 5.29. The number of unbranched alkanes of at least 4 members (excludes halogenated alkanes) is 5. The van der Waals surface area contributed by atoms with Gasteiger partial charge in [-0.15, -0.1) is 0 Å². The van der Waals surface area contributed by atoms with Crippen molar-refractivity contribution in [3.63, 3.8) is 0 Å². The Morgan fingerprint density at radius 3 is 2.58 bits per heavy atom. The molecule has 0 aromatic heterocycles. The van der Waals surface area contributed by atoms with Gasteiger partial charge < -0.3 is 4.74 Å². The molecule has 3 rings (SSSR count). The minimum Gasteiger partial charge on any atom is -0.374 e. The lowest BCUT2D eigenvalue weighted by molar-refractivity contribution is 0.0331. The first-order valence-electron chi connectivity index (χ1n) is 8.38. The van der Waals surface area contributed by atoms with E-state index >= 15 is 0 Å². The lowest BCUT2D eigenvalue weighted by atomic mass is 9.84. The van der Waals surface area contributed by atoms with E-state index in [1.54, 1.807) is 0 Å². The van der Waals surface area contributed by atoms with E-state index in [0.717, 1.165) is 30.3 Å². The number of hydrogen-bond acceptors (Lipinski definition) is 1. The van der Waals surface area contributed by atoms with Crippen LogP contribution in [0.4, 0.5) is 0 Å². The van der Waals surface area contributed by atoms with E-state index in [2.05, 4.69) is 31.2 Å². The van der Waals surface area contributed by atoms with Crippen LogP contribution in [0.3, 0.4) is 0 Å². The van der Waals surface area contributed by atoms with Gasteiger partial charge in [-0.05, 0) is 30.6 Å². The molecule has 0 aromatic rings. The van der Waals surface area contributed by atoms with Crippen LogP contribution in [-0.4, -0.2) is 12.7 Å². The molecule has 19 heavy (non-hydrogen) atoms. The van der Waals surface area contributed by atoms with Crippen molar-refractivity contribution in [2.45, 2.75) is 58.0 Å². The zero-order valence-corrected chi connectivity index (χ0v) is 12.3. The molecule has 0 radical (unpaired) electrons. The van der Waals surface area contributed by atoms with Crippen LogP contribution in [0.5, 0.6) is 0 Å². The smallest absolute Gasteiger partial charge is 0.0795 e. The summed E-state index contributed by atoms with van der Waals surface area (Å²) in [4.78, 5) is 0. The Balaban J connectivity index is 1.33.